The molecule has 0 spiro atoms. The summed E-state index contributed by atoms with van der Waals surface area (Å²) in [6.07, 6.45) is 0. The molecule has 4 heteroatoms. The van der Waals surface area contributed by atoms with Crippen molar-refractivity contribution in [2.45, 2.75) is 34.2 Å². The van der Waals surface area contributed by atoms with Crippen molar-refractivity contribution in [3.63, 3.8) is 0 Å². The quantitative estimate of drug-likeness (QED) is 0.781. The van der Waals surface area contributed by atoms with Crippen molar-refractivity contribution < 1.29 is 0 Å². The van der Waals surface area contributed by atoms with E-state index in [1.807, 2.05) is 17.8 Å². The molecule has 1 heterocycles. The fourth-order valence-electron chi connectivity index (χ4n) is 2.08. The number of halogens is 1. The predicted molar refractivity (Wildman–Crippen MR) is 73.2 cm³/mol. The minimum atomic E-state index is 0.580. The fourth-order valence-corrected chi connectivity index (χ4v) is 2.32. The van der Waals surface area contributed by atoms with E-state index in [9.17, 15) is 0 Å². The van der Waals surface area contributed by atoms with E-state index in [2.05, 4.69) is 37.7 Å². The third-order valence-electron chi connectivity index (χ3n) is 2.58. The number of hydrogen-bond donors (Lipinski definition) is 0. The number of rotatable bonds is 6. The Labute approximate surface area is 110 Å². The molecule has 0 N–H and O–H groups in total. The van der Waals surface area contributed by atoms with Crippen molar-refractivity contribution in [2.75, 3.05) is 13.1 Å². The summed E-state index contributed by atoms with van der Waals surface area (Å²) in [6, 6.07) is 1.95. The van der Waals surface area contributed by atoms with Gasteiger partial charge in [0.15, 0.2) is 5.15 Å². The van der Waals surface area contributed by atoms with Gasteiger partial charge in [0.05, 0.1) is 5.69 Å². The van der Waals surface area contributed by atoms with Crippen molar-refractivity contribution in [3.8, 4) is 0 Å². The van der Waals surface area contributed by atoms with Crippen LogP contribution in [0, 0.1) is 11.8 Å². The summed E-state index contributed by atoms with van der Waals surface area (Å²) in [5.74, 6) is 1.36. The lowest BCUT2D eigenvalue weighted by Gasteiger charge is -2.25. The van der Waals surface area contributed by atoms with Gasteiger partial charge in [-0.05, 0) is 17.9 Å². The predicted octanol–water partition coefficient (Wildman–Crippen LogP) is 3.19. The number of aryl methyl sites for hydroxylation is 1. The standard InChI is InChI=1S/C13H24ClN3/c1-10(2)7-17(8-11(3)4)9-12-6-13(14)15-16(12)5/h6,10-11H,7-9H2,1-5H3. The first kappa shape index (κ1) is 14.5. The molecule has 1 aromatic heterocycles. The Kier molecular flexibility index (Phi) is 5.47. The maximum Gasteiger partial charge on any atom is 0.151 e. The third kappa shape index (κ3) is 5.09. The molecule has 0 fully saturated rings. The molecule has 0 radical (unpaired) electrons. The van der Waals surface area contributed by atoms with Crippen LogP contribution < -0.4 is 0 Å². The summed E-state index contributed by atoms with van der Waals surface area (Å²) in [4.78, 5) is 2.47. The summed E-state index contributed by atoms with van der Waals surface area (Å²) in [7, 11) is 1.95. The fraction of sp³-hybridized carbons (Fsp3) is 0.769. The van der Waals surface area contributed by atoms with E-state index in [0.29, 0.717) is 17.0 Å². The normalized spacial score (nSPS) is 12.1. The van der Waals surface area contributed by atoms with Crippen LogP contribution in [0.2, 0.25) is 5.15 Å². The third-order valence-corrected chi connectivity index (χ3v) is 2.76. The minimum Gasteiger partial charge on any atom is -0.297 e. The molecule has 3 nitrogen and oxygen atoms in total. The highest BCUT2D eigenvalue weighted by molar-refractivity contribution is 6.29. The molecular weight excluding hydrogens is 234 g/mol. The zero-order valence-electron chi connectivity index (χ0n) is 11.6. The van der Waals surface area contributed by atoms with Gasteiger partial charge in [0.25, 0.3) is 0 Å². The Morgan fingerprint density at radius 3 is 2.12 bits per heavy atom. The molecule has 0 saturated carbocycles. The van der Waals surface area contributed by atoms with E-state index >= 15 is 0 Å². The van der Waals surface area contributed by atoms with Crippen molar-refractivity contribution in [2.24, 2.45) is 18.9 Å². The smallest absolute Gasteiger partial charge is 0.151 e. The monoisotopic (exact) mass is 257 g/mol. The van der Waals surface area contributed by atoms with Crippen LogP contribution in [-0.4, -0.2) is 27.8 Å². The summed E-state index contributed by atoms with van der Waals surface area (Å²) in [5, 5.41) is 4.76. The Hall–Kier alpha value is -0.540. The summed E-state index contributed by atoms with van der Waals surface area (Å²) in [6.45, 7) is 12.2. The second-order valence-electron chi connectivity index (χ2n) is 5.56. The molecule has 0 amide bonds. The van der Waals surface area contributed by atoms with Gasteiger partial charge in [-0.3, -0.25) is 9.58 Å². The lowest BCUT2D eigenvalue weighted by Crippen LogP contribution is -2.31. The van der Waals surface area contributed by atoms with E-state index in [-0.39, 0.29) is 0 Å². The van der Waals surface area contributed by atoms with Gasteiger partial charge in [-0.25, -0.2) is 0 Å². The van der Waals surface area contributed by atoms with E-state index in [1.165, 1.54) is 5.69 Å². The summed E-state index contributed by atoms with van der Waals surface area (Å²) >= 11 is 5.91. The zero-order valence-corrected chi connectivity index (χ0v) is 12.3. The average molecular weight is 258 g/mol. The largest absolute Gasteiger partial charge is 0.297 e. The molecule has 0 unspecified atom stereocenters. The Morgan fingerprint density at radius 2 is 1.76 bits per heavy atom. The Morgan fingerprint density at radius 1 is 1.24 bits per heavy atom. The van der Waals surface area contributed by atoms with Gasteiger partial charge >= 0.3 is 0 Å². The lowest BCUT2D eigenvalue weighted by molar-refractivity contribution is 0.206. The maximum absolute atomic E-state index is 5.91. The molecular formula is C13H24ClN3. The Bertz CT molecular complexity index is 334. The molecule has 1 rings (SSSR count). The molecule has 0 aliphatic carbocycles. The topological polar surface area (TPSA) is 21.1 Å². The van der Waals surface area contributed by atoms with Crippen LogP contribution in [0.5, 0.6) is 0 Å². The van der Waals surface area contributed by atoms with Crippen molar-refractivity contribution >= 4 is 11.6 Å². The number of nitrogens with zero attached hydrogens (tertiary/aromatic N) is 3. The van der Waals surface area contributed by atoms with Crippen LogP contribution >= 0.6 is 11.6 Å². The molecule has 0 aliphatic heterocycles. The first-order valence-corrected chi connectivity index (χ1v) is 6.67. The molecule has 0 aromatic carbocycles. The van der Waals surface area contributed by atoms with Gasteiger partial charge in [-0.2, -0.15) is 5.10 Å². The molecule has 98 valence electrons. The van der Waals surface area contributed by atoms with Gasteiger partial charge in [-0.15, -0.1) is 0 Å². The average Bonchev–Trinajstić information content (AvgIpc) is 2.42. The lowest BCUT2D eigenvalue weighted by atomic mass is 10.1. The van der Waals surface area contributed by atoms with Gasteiger partial charge in [-0.1, -0.05) is 39.3 Å². The maximum atomic E-state index is 5.91. The van der Waals surface area contributed by atoms with Gasteiger partial charge in [0.1, 0.15) is 0 Å². The van der Waals surface area contributed by atoms with E-state index < -0.39 is 0 Å². The van der Waals surface area contributed by atoms with Crippen molar-refractivity contribution in [1.82, 2.24) is 14.7 Å². The second-order valence-corrected chi connectivity index (χ2v) is 5.95. The van der Waals surface area contributed by atoms with Crippen LogP contribution in [-0.2, 0) is 13.6 Å². The van der Waals surface area contributed by atoms with Gasteiger partial charge in [0, 0.05) is 26.7 Å². The zero-order chi connectivity index (χ0) is 13.0. The van der Waals surface area contributed by atoms with Crippen LogP contribution in [0.15, 0.2) is 6.07 Å². The van der Waals surface area contributed by atoms with Gasteiger partial charge in [0.2, 0.25) is 0 Å². The summed E-state index contributed by atoms with van der Waals surface area (Å²) < 4.78 is 1.87. The van der Waals surface area contributed by atoms with Gasteiger partial charge < -0.3 is 0 Å². The molecule has 0 aliphatic rings. The van der Waals surface area contributed by atoms with Crippen LogP contribution in [0.3, 0.4) is 0 Å². The van der Waals surface area contributed by atoms with Crippen LogP contribution in [0.25, 0.3) is 0 Å². The number of hydrogen-bond acceptors (Lipinski definition) is 2. The summed E-state index contributed by atoms with van der Waals surface area (Å²) in [5.41, 5.74) is 1.18. The van der Waals surface area contributed by atoms with Crippen LogP contribution in [0.1, 0.15) is 33.4 Å². The molecule has 0 saturated heterocycles. The molecule has 17 heavy (non-hydrogen) atoms. The number of aromatic nitrogens is 2. The van der Waals surface area contributed by atoms with Crippen LogP contribution in [0.4, 0.5) is 0 Å². The first-order valence-electron chi connectivity index (χ1n) is 6.29. The Balaban J connectivity index is 2.67. The highest BCUT2D eigenvalue weighted by Crippen LogP contribution is 2.13. The highest BCUT2D eigenvalue weighted by atomic mass is 35.5. The van der Waals surface area contributed by atoms with E-state index in [1.54, 1.807) is 0 Å². The molecule has 0 bridgehead atoms. The van der Waals surface area contributed by atoms with E-state index in [4.69, 9.17) is 11.6 Å². The SMILES string of the molecule is CC(C)CN(Cc1cc(Cl)nn1C)CC(C)C. The first-order chi connectivity index (χ1) is 7.88. The highest BCUT2D eigenvalue weighted by Gasteiger charge is 2.13. The minimum absolute atomic E-state index is 0.580. The van der Waals surface area contributed by atoms with E-state index in [0.717, 1.165) is 19.6 Å². The second kappa shape index (κ2) is 6.41. The molecule has 0 atom stereocenters. The molecule has 1 aromatic rings. The van der Waals surface area contributed by atoms with Crippen molar-refractivity contribution in [1.29, 1.82) is 0 Å². The van der Waals surface area contributed by atoms with Crippen molar-refractivity contribution in [3.05, 3.63) is 16.9 Å².